The van der Waals surface area contributed by atoms with Crippen LogP contribution in [0.4, 0.5) is 29.5 Å². The molecular weight excluding hydrogens is 533 g/mol. The molecule has 9 nitrogen and oxygen atoms in total. The van der Waals surface area contributed by atoms with E-state index in [1.165, 1.54) is 35.4 Å². The number of urea groups is 1. The minimum Gasteiger partial charge on any atom is -0.311 e. The highest BCUT2D eigenvalue weighted by Crippen LogP contribution is 2.39. The number of carbonyl (C=O) groups excluding carboxylic acids is 3. The van der Waals surface area contributed by atoms with Gasteiger partial charge in [0.25, 0.3) is 5.91 Å². The number of hydrogen-bond donors (Lipinski definition) is 1. The van der Waals surface area contributed by atoms with Crippen molar-refractivity contribution in [1.82, 2.24) is 19.7 Å². The van der Waals surface area contributed by atoms with E-state index in [0.29, 0.717) is 17.9 Å². The number of alkyl halides is 3. The van der Waals surface area contributed by atoms with E-state index in [1.807, 2.05) is 21.1 Å². The van der Waals surface area contributed by atoms with E-state index in [-0.39, 0.29) is 41.2 Å². The van der Waals surface area contributed by atoms with E-state index in [1.54, 1.807) is 26.0 Å². The number of hydrogen-bond acceptors (Lipinski definition) is 7. The zero-order valence-electron chi connectivity index (χ0n) is 22.6. The van der Waals surface area contributed by atoms with Crippen LogP contribution in [0.1, 0.15) is 25.8 Å². The summed E-state index contributed by atoms with van der Waals surface area (Å²) in [5.74, 6) is -0.356. The third kappa shape index (κ3) is 8.16. The van der Waals surface area contributed by atoms with Gasteiger partial charge in [0.15, 0.2) is 0 Å². The molecule has 3 rings (SSSR count). The van der Waals surface area contributed by atoms with Gasteiger partial charge in [-0.25, -0.2) is 14.7 Å². The molecule has 4 amide bonds. The van der Waals surface area contributed by atoms with Crippen molar-refractivity contribution in [2.75, 3.05) is 51.0 Å². The zero-order valence-corrected chi connectivity index (χ0v) is 23.4. The van der Waals surface area contributed by atoms with Gasteiger partial charge in [0, 0.05) is 43.7 Å². The van der Waals surface area contributed by atoms with Crippen LogP contribution in [0, 0.1) is 0 Å². The summed E-state index contributed by atoms with van der Waals surface area (Å²) in [4.78, 5) is 49.6. The molecule has 1 aromatic heterocycles. The Balaban J connectivity index is 1.66. The molecule has 212 valence electrons. The molecular formula is C26H33F3N6O3S. The van der Waals surface area contributed by atoms with Gasteiger partial charge in [0.2, 0.25) is 5.91 Å². The summed E-state index contributed by atoms with van der Waals surface area (Å²) in [6, 6.07) is 7.83. The van der Waals surface area contributed by atoms with Crippen molar-refractivity contribution in [2.24, 2.45) is 0 Å². The van der Waals surface area contributed by atoms with E-state index < -0.39 is 23.0 Å². The van der Waals surface area contributed by atoms with E-state index in [9.17, 15) is 27.6 Å². The van der Waals surface area contributed by atoms with Gasteiger partial charge in [-0.1, -0.05) is 0 Å². The minimum absolute atomic E-state index is 0.0481. The molecule has 1 aliphatic rings. The molecule has 0 unspecified atom stereocenters. The smallest absolute Gasteiger partial charge is 0.311 e. The average molecular weight is 567 g/mol. The van der Waals surface area contributed by atoms with Gasteiger partial charge in [-0.3, -0.25) is 9.59 Å². The molecule has 2 heterocycles. The summed E-state index contributed by atoms with van der Waals surface area (Å²) in [5, 5.41) is 2.77. The van der Waals surface area contributed by atoms with Crippen LogP contribution >= 0.6 is 11.8 Å². The highest BCUT2D eigenvalue weighted by atomic mass is 32.2. The third-order valence-corrected chi connectivity index (χ3v) is 6.97. The molecule has 0 aliphatic carbocycles. The van der Waals surface area contributed by atoms with Crippen molar-refractivity contribution in [3.05, 3.63) is 48.2 Å². The predicted octanol–water partition coefficient (Wildman–Crippen LogP) is 4.26. The summed E-state index contributed by atoms with van der Waals surface area (Å²) in [6.45, 7) is 5.59. The number of halogens is 3. The lowest BCUT2D eigenvalue weighted by Crippen LogP contribution is -2.43. The van der Waals surface area contributed by atoms with Crippen LogP contribution in [0.3, 0.4) is 0 Å². The van der Waals surface area contributed by atoms with Crippen molar-refractivity contribution in [1.29, 1.82) is 0 Å². The van der Waals surface area contributed by atoms with Gasteiger partial charge in [-0.15, -0.1) is 0 Å². The minimum atomic E-state index is -4.44. The average Bonchev–Trinajstić information content (AvgIpc) is 3.00. The Morgan fingerprint density at radius 1 is 1.05 bits per heavy atom. The first-order chi connectivity index (χ1) is 18.2. The Morgan fingerprint density at radius 3 is 2.33 bits per heavy atom. The molecule has 0 spiro atoms. The van der Waals surface area contributed by atoms with Gasteiger partial charge < -0.3 is 20.0 Å². The Morgan fingerprint density at radius 2 is 1.72 bits per heavy atom. The number of rotatable bonds is 11. The van der Waals surface area contributed by atoms with Crippen LogP contribution in [0.5, 0.6) is 0 Å². The Bertz CT molecular complexity index is 1190. The number of aromatic nitrogens is 1. The molecule has 1 aromatic carbocycles. The molecule has 0 bridgehead atoms. The van der Waals surface area contributed by atoms with Crippen LogP contribution in [-0.2, 0) is 16.1 Å². The molecule has 1 fully saturated rings. The number of nitrogens with one attached hydrogen (secondary N) is 1. The quantitative estimate of drug-likeness (QED) is 0.321. The maximum atomic E-state index is 13.3. The van der Waals surface area contributed by atoms with E-state index in [0.717, 1.165) is 18.0 Å². The second kappa shape index (κ2) is 12.3. The molecule has 13 heteroatoms. The molecule has 1 aliphatic heterocycles. The number of benzene rings is 1. The Labute approximate surface area is 230 Å². The first kappa shape index (κ1) is 30.4. The van der Waals surface area contributed by atoms with Crippen molar-refractivity contribution < 1.29 is 27.6 Å². The number of thioether (sulfide) groups is 1. The van der Waals surface area contributed by atoms with Crippen molar-refractivity contribution in [3.63, 3.8) is 0 Å². The number of carbonyl (C=O) groups is 3. The largest absolute Gasteiger partial charge is 0.446 e. The summed E-state index contributed by atoms with van der Waals surface area (Å²) in [5.41, 5.74) is -4.81. The number of likely N-dealkylation sites (N-methyl/N-ethyl adjacent to an activating group) is 2. The predicted molar refractivity (Wildman–Crippen MR) is 144 cm³/mol. The van der Waals surface area contributed by atoms with E-state index in [2.05, 4.69) is 20.1 Å². The number of anilines is 2. The second-order valence-electron chi connectivity index (χ2n) is 10.1. The maximum Gasteiger partial charge on any atom is 0.446 e. The fourth-order valence-corrected chi connectivity index (χ4v) is 4.47. The zero-order chi connectivity index (χ0) is 29.0. The molecule has 1 N–H and O–H groups in total. The number of nitrogens with zero attached hydrogens (tertiary/aromatic N) is 5. The fraction of sp³-hybridized carbons (Fsp3) is 0.462. The van der Waals surface area contributed by atoms with E-state index >= 15 is 0 Å². The summed E-state index contributed by atoms with van der Waals surface area (Å²) < 4.78 is 38.0. The first-order valence-electron chi connectivity index (χ1n) is 12.3. The summed E-state index contributed by atoms with van der Waals surface area (Å²) >= 11 is -0.270. The number of pyridine rings is 1. The molecule has 0 saturated carbocycles. The lowest BCUT2D eigenvalue weighted by Gasteiger charge is -2.27. The lowest BCUT2D eigenvalue weighted by molar-refractivity contribution is -0.123. The molecule has 39 heavy (non-hydrogen) atoms. The SMILES string of the molecule is CN(C)CCN(C)CCC(=O)Nc1cc(CN2C(=O)N(c3ccc(SC(F)(F)F)cc3)C(=O)C2(C)C)ccn1. The normalized spacial score (nSPS) is 15.5. The van der Waals surface area contributed by atoms with Gasteiger partial charge >= 0.3 is 11.5 Å². The lowest BCUT2D eigenvalue weighted by atomic mass is 10.0. The van der Waals surface area contributed by atoms with Crippen molar-refractivity contribution in [2.45, 2.75) is 42.8 Å². The molecule has 2 aromatic rings. The summed E-state index contributed by atoms with van der Waals surface area (Å²) in [7, 11) is 5.92. The Kier molecular flexibility index (Phi) is 9.62. The first-order valence-corrected chi connectivity index (χ1v) is 13.1. The number of amides is 4. The third-order valence-electron chi connectivity index (χ3n) is 6.23. The molecule has 1 saturated heterocycles. The monoisotopic (exact) mass is 566 g/mol. The maximum absolute atomic E-state index is 13.3. The van der Waals surface area contributed by atoms with Crippen LogP contribution in [0.2, 0.25) is 0 Å². The highest BCUT2D eigenvalue weighted by molar-refractivity contribution is 8.00. The topological polar surface area (TPSA) is 89.1 Å². The van der Waals surface area contributed by atoms with Crippen molar-refractivity contribution in [3.8, 4) is 0 Å². The van der Waals surface area contributed by atoms with Gasteiger partial charge in [-0.2, -0.15) is 13.2 Å². The van der Waals surface area contributed by atoms with Gasteiger partial charge in [0.05, 0.1) is 5.69 Å². The van der Waals surface area contributed by atoms with Crippen LogP contribution in [0.25, 0.3) is 0 Å². The second-order valence-corrected chi connectivity index (χ2v) is 11.2. The van der Waals surface area contributed by atoms with Gasteiger partial charge in [-0.05, 0) is 88.7 Å². The fourth-order valence-electron chi connectivity index (χ4n) is 3.93. The highest BCUT2D eigenvalue weighted by Gasteiger charge is 2.51. The van der Waals surface area contributed by atoms with Crippen LogP contribution in [0.15, 0.2) is 47.5 Å². The summed E-state index contributed by atoms with van der Waals surface area (Å²) in [6.07, 6.45) is 1.80. The molecule has 0 radical (unpaired) electrons. The number of imide groups is 1. The Hall–Kier alpha value is -3.16. The van der Waals surface area contributed by atoms with Crippen LogP contribution in [-0.4, -0.2) is 89.4 Å². The van der Waals surface area contributed by atoms with Crippen molar-refractivity contribution >= 4 is 41.1 Å². The van der Waals surface area contributed by atoms with E-state index in [4.69, 9.17) is 0 Å². The molecule has 0 atom stereocenters. The standard InChI is InChI=1S/C26H33F3N6O3S/c1-25(2)23(37)35(19-6-8-20(9-7-19)39-26(27,28)29)24(38)34(25)17-18-10-12-30-21(16-18)31-22(36)11-13-33(5)15-14-32(3)4/h6-10,12,16H,11,13-15,17H2,1-5H3,(H,30,31,36). The van der Waals surface area contributed by atoms with Gasteiger partial charge in [0.1, 0.15) is 11.4 Å². The van der Waals surface area contributed by atoms with Crippen LogP contribution < -0.4 is 10.2 Å².